The number of piperidine rings is 1. The van der Waals surface area contributed by atoms with E-state index in [0.717, 1.165) is 32.4 Å². The second-order valence-electron chi connectivity index (χ2n) is 6.02. The Kier molecular flexibility index (Phi) is 5.34. The summed E-state index contributed by atoms with van der Waals surface area (Å²) in [5, 5.41) is 3.44. The molecule has 1 heterocycles. The standard InChI is InChI=1S/C15H23F3N2/c1-2-8-20-9-6-13(7-10-20)19-14-5-3-4-12(11-14)15(16,17)18/h1,12-14,19H,3-11H2. The van der Waals surface area contributed by atoms with Crippen molar-refractivity contribution in [2.24, 2.45) is 5.92 Å². The Hall–Kier alpha value is -0.730. The van der Waals surface area contributed by atoms with Gasteiger partial charge in [0.1, 0.15) is 0 Å². The molecule has 0 amide bonds. The summed E-state index contributed by atoms with van der Waals surface area (Å²) < 4.78 is 38.3. The van der Waals surface area contributed by atoms with E-state index in [2.05, 4.69) is 16.1 Å². The molecule has 20 heavy (non-hydrogen) atoms. The smallest absolute Gasteiger partial charge is 0.311 e. The molecule has 5 heteroatoms. The Labute approximate surface area is 119 Å². The summed E-state index contributed by atoms with van der Waals surface area (Å²) in [6, 6.07) is 0.376. The van der Waals surface area contributed by atoms with Crippen molar-refractivity contribution in [2.45, 2.75) is 56.8 Å². The number of rotatable bonds is 3. The molecule has 0 bridgehead atoms. The first-order valence-corrected chi connectivity index (χ1v) is 7.47. The summed E-state index contributed by atoms with van der Waals surface area (Å²) in [6.07, 6.45) is 5.30. The predicted molar refractivity (Wildman–Crippen MR) is 73.2 cm³/mol. The van der Waals surface area contributed by atoms with Gasteiger partial charge in [-0.3, -0.25) is 4.90 Å². The lowest BCUT2D eigenvalue weighted by Crippen LogP contribution is -2.48. The minimum Gasteiger partial charge on any atom is -0.311 e. The third-order valence-electron chi connectivity index (χ3n) is 4.51. The largest absolute Gasteiger partial charge is 0.391 e. The van der Waals surface area contributed by atoms with Gasteiger partial charge in [-0.05, 0) is 32.1 Å². The number of likely N-dealkylation sites (tertiary alicyclic amines) is 1. The van der Waals surface area contributed by atoms with Crippen LogP contribution in [-0.2, 0) is 0 Å². The molecular weight excluding hydrogens is 265 g/mol. The summed E-state index contributed by atoms with van der Waals surface area (Å²) in [6.45, 7) is 2.56. The molecule has 114 valence electrons. The molecule has 2 fully saturated rings. The van der Waals surface area contributed by atoms with Crippen LogP contribution in [0.25, 0.3) is 0 Å². The molecule has 0 aromatic carbocycles. The van der Waals surface area contributed by atoms with Crippen molar-refractivity contribution in [3.05, 3.63) is 0 Å². The number of nitrogens with one attached hydrogen (secondary N) is 1. The van der Waals surface area contributed by atoms with Gasteiger partial charge in [0.05, 0.1) is 12.5 Å². The number of nitrogens with zero attached hydrogens (tertiary/aromatic N) is 1. The van der Waals surface area contributed by atoms with Crippen LogP contribution in [0.4, 0.5) is 13.2 Å². The Morgan fingerprint density at radius 2 is 1.80 bits per heavy atom. The van der Waals surface area contributed by atoms with E-state index >= 15 is 0 Å². The van der Waals surface area contributed by atoms with Gasteiger partial charge in [0.15, 0.2) is 0 Å². The van der Waals surface area contributed by atoms with E-state index < -0.39 is 12.1 Å². The average molecular weight is 288 g/mol. The van der Waals surface area contributed by atoms with Crippen molar-refractivity contribution < 1.29 is 13.2 Å². The van der Waals surface area contributed by atoms with Gasteiger partial charge in [0.2, 0.25) is 0 Å². The zero-order valence-electron chi connectivity index (χ0n) is 11.8. The zero-order valence-corrected chi connectivity index (χ0v) is 11.8. The lowest BCUT2D eigenvalue weighted by atomic mass is 9.84. The molecule has 0 aromatic rings. The summed E-state index contributed by atoms with van der Waals surface area (Å²) in [5.41, 5.74) is 0. The van der Waals surface area contributed by atoms with Crippen LogP contribution in [0.3, 0.4) is 0 Å². The molecule has 1 aliphatic carbocycles. The molecule has 0 aromatic heterocycles. The van der Waals surface area contributed by atoms with E-state index in [1.54, 1.807) is 0 Å². The number of terminal acetylenes is 1. The Morgan fingerprint density at radius 3 is 2.40 bits per heavy atom. The molecule has 1 N–H and O–H groups in total. The van der Waals surface area contributed by atoms with Crippen molar-refractivity contribution >= 4 is 0 Å². The van der Waals surface area contributed by atoms with Crippen LogP contribution < -0.4 is 5.32 Å². The maximum absolute atomic E-state index is 12.8. The van der Waals surface area contributed by atoms with E-state index in [4.69, 9.17) is 6.42 Å². The first kappa shape index (κ1) is 15.7. The predicted octanol–water partition coefficient (Wildman–Crippen LogP) is 2.79. The van der Waals surface area contributed by atoms with Crippen molar-refractivity contribution in [1.82, 2.24) is 10.2 Å². The van der Waals surface area contributed by atoms with Gasteiger partial charge in [0, 0.05) is 25.2 Å². The van der Waals surface area contributed by atoms with Crippen molar-refractivity contribution in [2.75, 3.05) is 19.6 Å². The molecule has 1 aliphatic heterocycles. The maximum atomic E-state index is 12.8. The van der Waals surface area contributed by atoms with Crippen LogP contribution in [0.5, 0.6) is 0 Å². The topological polar surface area (TPSA) is 15.3 Å². The summed E-state index contributed by atoms with van der Waals surface area (Å²) in [5.74, 6) is 1.52. The van der Waals surface area contributed by atoms with E-state index in [-0.39, 0.29) is 12.5 Å². The number of halogens is 3. The quantitative estimate of drug-likeness (QED) is 0.803. The maximum Gasteiger partial charge on any atom is 0.391 e. The summed E-state index contributed by atoms with van der Waals surface area (Å²) in [7, 11) is 0. The number of hydrogen-bond donors (Lipinski definition) is 1. The molecule has 0 radical (unpaired) electrons. The molecule has 0 spiro atoms. The number of alkyl halides is 3. The molecule has 2 aliphatic rings. The molecule has 2 atom stereocenters. The first-order chi connectivity index (χ1) is 9.49. The third kappa shape index (κ3) is 4.39. The van der Waals surface area contributed by atoms with Crippen LogP contribution in [0.2, 0.25) is 0 Å². The van der Waals surface area contributed by atoms with Gasteiger partial charge in [-0.2, -0.15) is 13.2 Å². The minimum absolute atomic E-state index is 0.0274. The normalized spacial score (nSPS) is 30.1. The highest BCUT2D eigenvalue weighted by Gasteiger charge is 2.42. The molecule has 2 rings (SSSR count). The van der Waals surface area contributed by atoms with Gasteiger partial charge in [-0.15, -0.1) is 6.42 Å². The summed E-state index contributed by atoms with van der Waals surface area (Å²) >= 11 is 0. The monoisotopic (exact) mass is 288 g/mol. The van der Waals surface area contributed by atoms with Crippen LogP contribution in [0, 0.1) is 18.3 Å². The van der Waals surface area contributed by atoms with Crippen molar-refractivity contribution in [1.29, 1.82) is 0 Å². The highest BCUT2D eigenvalue weighted by Crippen LogP contribution is 2.37. The second kappa shape index (κ2) is 6.82. The molecule has 2 unspecified atom stereocenters. The molecular formula is C15H23F3N2. The second-order valence-corrected chi connectivity index (χ2v) is 6.02. The highest BCUT2D eigenvalue weighted by atomic mass is 19.4. The Bertz CT molecular complexity index is 340. The fourth-order valence-electron chi connectivity index (χ4n) is 3.36. The Morgan fingerprint density at radius 1 is 1.10 bits per heavy atom. The highest BCUT2D eigenvalue weighted by molar-refractivity contribution is 4.91. The SMILES string of the molecule is C#CCN1CCC(NC2CCCC(C(F)(F)F)C2)CC1. The van der Waals surface area contributed by atoms with Gasteiger partial charge in [-0.25, -0.2) is 0 Å². The van der Waals surface area contributed by atoms with Gasteiger partial charge in [0.25, 0.3) is 0 Å². The lowest BCUT2D eigenvalue weighted by Gasteiger charge is -2.37. The number of hydrogen-bond acceptors (Lipinski definition) is 2. The van der Waals surface area contributed by atoms with Gasteiger partial charge < -0.3 is 5.32 Å². The van der Waals surface area contributed by atoms with Crippen LogP contribution in [0.15, 0.2) is 0 Å². The molecule has 1 saturated heterocycles. The van der Waals surface area contributed by atoms with Gasteiger partial charge >= 0.3 is 6.18 Å². The fraction of sp³-hybridized carbons (Fsp3) is 0.867. The molecule has 2 nitrogen and oxygen atoms in total. The average Bonchev–Trinajstić information content (AvgIpc) is 2.41. The summed E-state index contributed by atoms with van der Waals surface area (Å²) in [4.78, 5) is 2.22. The lowest BCUT2D eigenvalue weighted by molar-refractivity contribution is -0.184. The van der Waals surface area contributed by atoms with E-state index in [0.29, 0.717) is 25.4 Å². The van der Waals surface area contributed by atoms with Crippen LogP contribution >= 0.6 is 0 Å². The zero-order chi connectivity index (χ0) is 14.6. The molecule has 1 saturated carbocycles. The third-order valence-corrected chi connectivity index (χ3v) is 4.51. The Balaban J connectivity index is 1.75. The van der Waals surface area contributed by atoms with Crippen LogP contribution in [0.1, 0.15) is 38.5 Å². The first-order valence-electron chi connectivity index (χ1n) is 7.47. The fourth-order valence-corrected chi connectivity index (χ4v) is 3.36. The van der Waals surface area contributed by atoms with E-state index in [9.17, 15) is 13.2 Å². The van der Waals surface area contributed by atoms with Gasteiger partial charge in [-0.1, -0.05) is 12.3 Å². The van der Waals surface area contributed by atoms with Crippen molar-refractivity contribution in [3.8, 4) is 12.3 Å². The van der Waals surface area contributed by atoms with Crippen molar-refractivity contribution in [3.63, 3.8) is 0 Å². The van der Waals surface area contributed by atoms with Crippen LogP contribution in [-0.4, -0.2) is 42.8 Å². The van der Waals surface area contributed by atoms with E-state index in [1.807, 2.05) is 0 Å². The van der Waals surface area contributed by atoms with E-state index in [1.165, 1.54) is 0 Å². The minimum atomic E-state index is -4.03.